The number of nitrogens with one attached hydrogen (secondary N) is 1. The van der Waals surface area contributed by atoms with E-state index in [4.69, 9.17) is 0 Å². The highest BCUT2D eigenvalue weighted by Crippen LogP contribution is 2.39. The number of hydrogen-bond donors (Lipinski definition) is 1. The number of piperidine rings is 2. The predicted octanol–water partition coefficient (Wildman–Crippen LogP) is 2.73. The number of carbonyl (C=O) groups excluding carboxylic acids is 2. The molecule has 6 heteroatoms. The number of aryl methyl sites for hydroxylation is 1. The van der Waals surface area contributed by atoms with Crippen molar-refractivity contribution in [3.63, 3.8) is 0 Å². The van der Waals surface area contributed by atoms with E-state index in [1.54, 1.807) is 6.33 Å². The predicted molar refractivity (Wildman–Crippen MR) is 111 cm³/mol. The van der Waals surface area contributed by atoms with Gasteiger partial charge < -0.3 is 14.8 Å². The van der Waals surface area contributed by atoms with Crippen LogP contribution >= 0.6 is 0 Å². The van der Waals surface area contributed by atoms with Crippen LogP contribution in [0.25, 0.3) is 0 Å². The SMILES string of the molecule is Cc1cccc(CC(=O)N2CCC[C@@]3(CCC(=O)N(CCc4cnc[nH]4)C3)C2)c1. The molecule has 4 rings (SSSR count). The van der Waals surface area contributed by atoms with Crippen LogP contribution in [0, 0.1) is 12.3 Å². The lowest BCUT2D eigenvalue weighted by Crippen LogP contribution is -2.55. The molecule has 2 saturated heterocycles. The summed E-state index contributed by atoms with van der Waals surface area (Å²) in [7, 11) is 0. The molecule has 1 spiro atoms. The molecule has 1 aromatic carbocycles. The second-order valence-electron chi connectivity index (χ2n) is 8.73. The van der Waals surface area contributed by atoms with E-state index >= 15 is 0 Å². The maximum absolute atomic E-state index is 13.0. The van der Waals surface area contributed by atoms with Crippen molar-refractivity contribution in [2.75, 3.05) is 26.2 Å². The number of aromatic nitrogens is 2. The highest BCUT2D eigenvalue weighted by atomic mass is 16.2. The minimum atomic E-state index is 0.0441. The number of amides is 2. The van der Waals surface area contributed by atoms with Gasteiger partial charge in [-0.15, -0.1) is 0 Å². The van der Waals surface area contributed by atoms with Crippen molar-refractivity contribution in [2.24, 2.45) is 5.41 Å². The molecule has 2 aliphatic heterocycles. The average molecular weight is 395 g/mol. The Kier molecular flexibility index (Phi) is 5.69. The van der Waals surface area contributed by atoms with Gasteiger partial charge in [0.2, 0.25) is 11.8 Å². The number of imidazole rings is 1. The molecule has 2 fully saturated rings. The molecule has 0 radical (unpaired) electrons. The maximum Gasteiger partial charge on any atom is 0.227 e. The highest BCUT2D eigenvalue weighted by molar-refractivity contribution is 5.79. The number of likely N-dealkylation sites (tertiary alicyclic amines) is 2. The van der Waals surface area contributed by atoms with Gasteiger partial charge >= 0.3 is 0 Å². The van der Waals surface area contributed by atoms with E-state index in [2.05, 4.69) is 29.0 Å². The Bertz CT molecular complexity index is 864. The molecule has 1 N–H and O–H groups in total. The van der Waals surface area contributed by atoms with Gasteiger partial charge in [-0.1, -0.05) is 29.8 Å². The van der Waals surface area contributed by atoms with Crippen molar-refractivity contribution in [2.45, 2.75) is 45.4 Å². The van der Waals surface area contributed by atoms with Gasteiger partial charge in [-0.25, -0.2) is 4.98 Å². The van der Waals surface area contributed by atoms with Crippen LogP contribution in [0.15, 0.2) is 36.8 Å². The number of rotatable bonds is 5. The average Bonchev–Trinajstić information content (AvgIpc) is 3.23. The van der Waals surface area contributed by atoms with Crippen molar-refractivity contribution in [3.05, 3.63) is 53.6 Å². The van der Waals surface area contributed by atoms with Crippen molar-refractivity contribution < 1.29 is 9.59 Å². The third kappa shape index (κ3) is 4.69. The minimum Gasteiger partial charge on any atom is -0.348 e. The zero-order valence-corrected chi connectivity index (χ0v) is 17.2. The quantitative estimate of drug-likeness (QED) is 0.848. The molecule has 0 unspecified atom stereocenters. The largest absolute Gasteiger partial charge is 0.348 e. The van der Waals surface area contributed by atoms with Crippen LogP contribution in [0.5, 0.6) is 0 Å². The summed E-state index contributed by atoms with van der Waals surface area (Å²) >= 11 is 0. The third-order valence-electron chi connectivity index (χ3n) is 6.41. The Balaban J connectivity index is 1.39. The molecule has 2 aromatic rings. The number of carbonyl (C=O) groups is 2. The standard InChI is InChI=1S/C23H30N4O2/c1-18-4-2-5-19(12-18)13-22(29)26-10-3-8-23(15-26)9-6-21(28)27(16-23)11-7-20-14-24-17-25-20/h2,4-5,12,14,17H,3,6-11,13,15-16H2,1H3,(H,24,25)/t23-/m1/s1. The molecule has 29 heavy (non-hydrogen) atoms. The van der Waals surface area contributed by atoms with Gasteiger partial charge in [0.25, 0.3) is 0 Å². The summed E-state index contributed by atoms with van der Waals surface area (Å²) in [5, 5.41) is 0. The first-order valence-corrected chi connectivity index (χ1v) is 10.6. The summed E-state index contributed by atoms with van der Waals surface area (Å²) in [5.41, 5.74) is 3.36. The lowest BCUT2D eigenvalue weighted by Gasteiger charge is -2.48. The van der Waals surface area contributed by atoms with E-state index in [9.17, 15) is 9.59 Å². The molecule has 0 aliphatic carbocycles. The van der Waals surface area contributed by atoms with Crippen molar-refractivity contribution >= 4 is 11.8 Å². The van der Waals surface area contributed by atoms with Crippen molar-refractivity contribution in [3.8, 4) is 0 Å². The van der Waals surface area contributed by atoms with Gasteiger partial charge in [0.1, 0.15) is 0 Å². The molecule has 0 saturated carbocycles. The van der Waals surface area contributed by atoms with E-state index in [0.29, 0.717) is 19.4 Å². The molecule has 1 atom stereocenters. The van der Waals surface area contributed by atoms with Crippen molar-refractivity contribution in [1.29, 1.82) is 0 Å². The normalized spacial score (nSPS) is 22.3. The fourth-order valence-electron chi connectivity index (χ4n) is 4.85. The summed E-state index contributed by atoms with van der Waals surface area (Å²) in [6, 6.07) is 8.19. The van der Waals surface area contributed by atoms with Gasteiger partial charge in [0, 0.05) is 56.3 Å². The maximum atomic E-state index is 13.0. The molecule has 2 amide bonds. The fourth-order valence-corrected chi connectivity index (χ4v) is 4.85. The van der Waals surface area contributed by atoms with Gasteiger partial charge in [0.15, 0.2) is 0 Å². The first-order valence-electron chi connectivity index (χ1n) is 10.6. The van der Waals surface area contributed by atoms with Crippen LogP contribution < -0.4 is 0 Å². The topological polar surface area (TPSA) is 69.3 Å². The lowest BCUT2D eigenvalue weighted by molar-refractivity contribution is -0.142. The van der Waals surface area contributed by atoms with Crippen LogP contribution in [0.3, 0.4) is 0 Å². The zero-order valence-electron chi connectivity index (χ0n) is 17.2. The second kappa shape index (κ2) is 8.39. The van der Waals surface area contributed by atoms with E-state index < -0.39 is 0 Å². The van der Waals surface area contributed by atoms with Gasteiger partial charge in [-0.2, -0.15) is 0 Å². The first kappa shape index (κ1) is 19.7. The van der Waals surface area contributed by atoms with Crippen LogP contribution in [0.1, 0.15) is 42.5 Å². The first-order chi connectivity index (χ1) is 14.0. The summed E-state index contributed by atoms with van der Waals surface area (Å²) in [4.78, 5) is 36.7. The summed E-state index contributed by atoms with van der Waals surface area (Å²) in [6.45, 7) is 5.12. The summed E-state index contributed by atoms with van der Waals surface area (Å²) < 4.78 is 0. The van der Waals surface area contributed by atoms with Gasteiger partial charge in [-0.05, 0) is 31.7 Å². The number of nitrogens with zero attached hydrogens (tertiary/aromatic N) is 3. The molecule has 0 bridgehead atoms. The van der Waals surface area contributed by atoms with E-state index in [-0.39, 0.29) is 17.2 Å². The van der Waals surface area contributed by atoms with E-state index in [1.165, 1.54) is 5.56 Å². The fraction of sp³-hybridized carbons (Fsp3) is 0.522. The molecule has 1 aromatic heterocycles. The lowest BCUT2D eigenvalue weighted by atomic mass is 9.73. The molecular formula is C23H30N4O2. The smallest absolute Gasteiger partial charge is 0.227 e. The molecule has 154 valence electrons. The van der Waals surface area contributed by atoms with Gasteiger partial charge in [0.05, 0.1) is 12.7 Å². The Morgan fingerprint density at radius 2 is 2.17 bits per heavy atom. The van der Waals surface area contributed by atoms with Crippen molar-refractivity contribution in [1.82, 2.24) is 19.8 Å². The molecule has 2 aliphatic rings. The molecule has 6 nitrogen and oxygen atoms in total. The summed E-state index contributed by atoms with van der Waals surface area (Å²) in [6.07, 6.45) is 8.32. The Morgan fingerprint density at radius 1 is 1.28 bits per heavy atom. The molecular weight excluding hydrogens is 364 g/mol. The number of H-pyrrole nitrogens is 1. The number of hydrogen-bond acceptors (Lipinski definition) is 3. The number of aromatic amines is 1. The Morgan fingerprint density at radius 3 is 2.97 bits per heavy atom. The van der Waals surface area contributed by atoms with E-state index in [1.807, 2.05) is 28.1 Å². The Hall–Kier alpha value is -2.63. The number of benzene rings is 1. The monoisotopic (exact) mass is 394 g/mol. The van der Waals surface area contributed by atoms with Crippen LogP contribution in [0.2, 0.25) is 0 Å². The van der Waals surface area contributed by atoms with E-state index in [0.717, 1.165) is 56.6 Å². The third-order valence-corrected chi connectivity index (χ3v) is 6.41. The van der Waals surface area contributed by atoms with Crippen LogP contribution in [-0.2, 0) is 22.4 Å². The molecule has 3 heterocycles. The minimum absolute atomic E-state index is 0.0441. The Labute approximate surface area is 172 Å². The van der Waals surface area contributed by atoms with Gasteiger partial charge in [-0.3, -0.25) is 9.59 Å². The van der Waals surface area contributed by atoms with Crippen LogP contribution in [-0.4, -0.2) is 57.8 Å². The zero-order chi connectivity index (χ0) is 20.3. The second-order valence-corrected chi connectivity index (χ2v) is 8.73. The summed E-state index contributed by atoms with van der Waals surface area (Å²) in [5.74, 6) is 0.439. The van der Waals surface area contributed by atoms with Crippen LogP contribution in [0.4, 0.5) is 0 Å². The highest BCUT2D eigenvalue weighted by Gasteiger charge is 2.42.